The molecule has 3 atom stereocenters. The van der Waals surface area contributed by atoms with Crippen LogP contribution >= 0.6 is 0 Å². The van der Waals surface area contributed by atoms with Gasteiger partial charge in [-0.25, -0.2) is 9.59 Å². The summed E-state index contributed by atoms with van der Waals surface area (Å²) in [5.41, 5.74) is -0.0764. The smallest absolute Gasteiger partial charge is 0.408 e. The van der Waals surface area contributed by atoms with E-state index in [-0.39, 0.29) is 56.9 Å². The molecule has 2 aliphatic heterocycles. The Kier molecular flexibility index (Phi) is 10.1. The van der Waals surface area contributed by atoms with Gasteiger partial charge in [-0.1, -0.05) is 42.5 Å². The first kappa shape index (κ1) is 28.2. The first-order chi connectivity index (χ1) is 17.7. The summed E-state index contributed by atoms with van der Waals surface area (Å²) in [6, 6.07) is 8.00. The van der Waals surface area contributed by atoms with E-state index in [1.165, 1.54) is 0 Å². The van der Waals surface area contributed by atoms with Gasteiger partial charge in [-0.3, -0.25) is 9.59 Å². The van der Waals surface area contributed by atoms with Gasteiger partial charge in [0.05, 0.1) is 24.1 Å². The van der Waals surface area contributed by atoms with E-state index in [9.17, 15) is 24.3 Å². The van der Waals surface area contributed by atoms with Crippen LogP contribution in [0.15, 0.2) is 42.5 Å². The molecule has 10 nitrogen and oxygen atoms in total. The zero-order chi connectivity index (χ0) is 26.8. The average molecular weight is 516 g/mol. The molecular formula is C27H37N3O7. The molecule has 0 saturated carbocycles. The number of nitrogens with one attached hydrogen (secondary N) is 2. The molecule has 0 aliphatic carbocycles. The Hall–Kier alpha value is -3.40. The largest absolute Gasteiger partial charge is 0.462 e. The van der Waals surface area contributed by atoms with Gasteiger partial charge >= 0.3 is 12.1 Å². The van der Waals surface area contributed by atoms with Crippen molar-refractivity contribution in [1.29, 1.82) is 0 Å². The third-order valence-corrected chi connectivity index (χ3v) is 6.49. The fraction of sp³-hybridized carbons (Fsp3) is 0.556. The highest BCUT2D eigenvalue weighted by molar-refractivity contribution is 5.87. The van der Waals surface area contributed by atoms with Gasteiger partial charge in [0.25, 0.3) is 0 Å². The number of hydrogen-bond donors (Lipinski definition) is 3. The zero-order valence-electron chi connectivity index (χ0n) is 21.5. The first-order valence-electron chi connectivity index (χ1n) is 12.7. The van der Waals surface area contributed by atoms with Gasteiger partial charge in [0.15, 0.2) is 0 Å². The molecular weight excluding hydrogens is 478 g/mol. The normalized spacial score (nSPS) is 24.3. The number of likely N-dealkylation sites (tertiary alicyclic amines) is 1. The Labute approximate surface area is 217 Å². The van der Waals surface area contributed by atoms with E-state index in [0.717, 1.165) is 18.4 Å². The third-order valence-electron chi connectivity index (χ3n) is 6.49. The van der Waals surface area contributed by atoms with E-state index in [0.29, 0.717) is 6.54 Å². The Morgan fingerprint density at radius 1 is 1.19 bits per heavy atom. The Balaban J connectivity index is 1.65. The van der Waals surface area contributed by atoms with Gasteiger partial charge in [0, 0.05) is 13.0 Å². The number of aliphatic hydroxyl groups is 1. The number of allylic oxidation sites excluding steroid dienone is 1. The minimum Gasteiger partial charge on any atom is -0.462 e. The molecule has 202 valence electrons. The Bertz CT molecular complexity index is 979. The maximum Gasteiger partial charge on any atom is 0.408 e. The van der Waals surface area contributed by atoms with Crippen LogP contribution in [-0.4, -0.2) is 71.3 Å². The molecule has 37 heavy (non-hydrogen) atoms. The number of esters is 1. The van der Waals surface area contributed by atoms with Crippen molar-refractivity contribution in [1.82, 2.24) is 15.5 Å². The molecule has 0 bridgehead atoms. The van der Waals surface area contributed by atoms with Crippen LogP contribution < -0.4 is 10.6 Å². The highest BCUT2D eigenvalue weighted by atomic mass is 16.6. The third kappa shape index (κ3) is 8.59. The fourth-order valence-corrected chi connectivity index (χ4v) is 4.40. The highest BCUT2D eigenvalue weighted by Gasteiger charge is 2.34. The monoisotopic (exact) mass is 515 g/mol. The summed E-state index contributed by atoms with van der Waals surface area (Å²) in [5.74, 6) is -1.74. The number of alkyl carbamates (subject to hydrolysis) is 1. The number of carbonyl (C=O) groups excluding carboxylic acids is 4. The lowest BCUT2D eigenvalue weighted by Gasteiger charge is -2.30. The van der Waals surface area contributed by atoms with Gasteiger partial charge < -0.3 is 30.1 Å². The maximum absolute atomic E-state index is 13.0. The minimum absolute atomic E-state index is 0.00995. The van der Waals surface area contributed by atoms with Gasteiger partial charge in [-0.15, -0.1) is 0 Å². The number of cyclic esters (lactones) is 1. The predicted octanol–water partition coefficient (Wildman–Crippen LogP) is 2.06. The molecule has 0 aromatic heterocycles. The summed E-state index contributed by atoms with van der Waals surface area (Å²) in [6.07, 6.45) is 4.69. The standard InChI is InChI=1S/C27H37N3O7/c1-27(2)18-37-25(34)22(28-26(35)36-17-19-9-4-3-5-10-19)13-7-6-11-20(24(33)29-27)15-23(32)30-14-8-12-21(30)16-31/h3-7,9-10,20-22,31H,8,11-18H2,1-2H3,(H,28,35)(H,29,33). The SMILES string of the molecule is CC1(C)COC(=O)C(NC(=O)OCc2ccccc2)CC=CCC(CC(=O)N2CCCC2CO)C(=O)N1. The van der Waals surface area contributed by atoms with Gasteiger partial charge in [-0.2, -0.15) is 0 Å². The topological polar surface area (TPSA) is 134 Å². The molecule has 1 fully saturated rings. The van der Waals surface area contributed by atoms with Crippen LogP contribution in [0, 0.1) is 5.92 Å². The number of rotatable bonds is 6. The minimum atomic E-state index is -0.972. The van der Waals surface area contributed by atoms with E-state index in [1.54, 1.807) is 30.9 Å². The van der Waals surface area contributed by atoms with Gasteiger partial charge in [0.1, 0.15) is 19.3 Å². The average Bonchev–Trinajstić information content (AvgIpc) is 3.36. The van der Waals surface area contributed by atoms with E-state index in [1.807, 2.05) is 30.3 Å². The molecule has 3 amide bonds. The van der Waals surface area contributed by atoms with Crippen LogP contribution in [0.3, 0.4) is 0 Å². The first-order valence-corrected chi connectivity index (χ1v) is 12.7. The maximum atomic E-state index is 13.0. The molecule has 10 heteroatoms. The van der Waals surface area contributed by atoms with Crippen molar-refractivity contribution in [2.24, 2.45) is 5.92 Å². The van der Waals surface area contributed by atoms with Crippen LogP contribution in [0.4, 0.5) is 4.79 Å². The summed E-state index contributed by atoms with van der Waals surface area (Å²) in [6.45, 7) is 3.87. The Morgan fingerprint density at radius 2 is 1.92 bits per heavy atom. The van der Waals surface area contributed by atoms with Crippen LogP contribution in [0.1, 0.15) is 51.5 Å². The molecule has 3 unspecified atom stereocenters. The van der Waals surface area contributed by atoms with Gasteiger partial charge in [-0.05, 0) is 45.1 Å². The summed E-state index contributed by atoms with van der Waals surface area (Å²) in [7, 11) is 0. The highest BCUT2D eigenvalue weighted by Crippen LogP contribution is 2.22. The number of hydrogen-bond acceptors (Lipinski definition) is 7. The number of ether oxygens (including phenoxy) is 2. The summed E-state index contributed by atoms with van der Waals surface area (Å²) >= 11 is 0. The number of carbonyl (C=O) groups is 4. The second kappa shape index (κ2) is 13.2. The number of aliphatic hydroxyl groups excluding tert-OH is 1. The predicted molar refractivity (Wildman–Crippen MR) is 135 cm³/mol. The second-order valence-corrected chi connectivity index (χ2v) is 10.1. The van der Waals surface area contributed by atoms with Crippen LogP contribution in [0.25, 0.3) is 0 Å². The molecule has 1 aromatic carbocycles. The lowest BCUT2D eigenvalue weighted by Crippen LogP contribution is -2.51. The molecule has 3 N–H and O–H groups in total. The van der Waals surface area contributed by atoms with Crippen molar-refractivity contribution in [2.45, 2.75) is 70.2 Å². The van der Waals surface area contributed by atoms with Crippen LogP contribution in [0.2, 0.25) is 0 Å². The lowest BCUT2D eigenvalue weighted by molar-refractivity contribution is -0.149. The van der Waals surface area contributed by atoms with Crippen LogP contribution in [0.5, 0.6) is 0 Å². The molecule has 0 radical (unpaired) electrons. The van der Waals surface area contributed by atoms with Gasteiger partial charge in [0.2, 0.25) is 11.8 Å². The quantitative estimate of drug-likeness (QED) is 0.390. The summed E-state index contributed by atoms with van der Waals surface area (Å²) in [5, 5.41) is 15.0. The molecule has 0 spiro atoms. The molecule has 2 heterocycles. The number of benzene rings is 1. The zero-order valence-corrected chi connectivity index (χ0v) is 21.5. The van der Waals surface area contributed by atoms with E-state index in [2.05, 4.69) is 10.6 Å². The molecule has 3 rings (SSSR count). The Morgan fingerprint density at radius 3 is 2.65 bits per heavy atom. The summed E-state index contributed by atoms with van der Waals surface area (Å²) < 4.78 is 10.7. The van der Waals surface area contributed by atoms with Crippen molar-refractivity contribution in [3.05, 3.63) is 48.0 Å². The molecule has 1 saturated heterocycles. The summed E-state index contributed by atoms with van der Waals surface area (Å²) in [4.78, 5) is 52.7. The fourth-order valence-electron chi connectivity index (χ4n) is 4.40. The lowest BCUT2D eigenvalue weighted by atomic mass is 9.96. The van der Waals surface area contributed by atoms with Crippen molar-refractivity contribution >= 4 is 23.9 Å². The van der Waals surface area contributed by atoms with Crippen molar-refractivity contribution in [2.75, 3.05) is 19.8 Å². The van der Waals surface area contributed by atoms with Crippen molar-refractivity contribution in [3.8, 4) is 0 Å². The number of nitrogens with zero attached hydrogens (tertiary/aromatic N) is 1. The number of amides is 3. The van der Waals surface area contributed by atoms with Crippen LogP contribution in [-0.2, 0) is 30.5 Å². The second-order valence-electron chi connectivity index (χ2n) is 10.1. The van der Waals surface area contributed by atoms with E-state index >= 15 is 0 Å². The van der Waals surface area contributed by atoms with Crippen molar-refractivity contribution in [3.63, 3.8) is 0 Å². The van der Waals surface area contributed by atoms with E-state index in [4.69, 9.17) is 9.47 Å². The molecule has 2 aliphatic rings. The van der Waals surface area contributed by atoms with E-state index < -0.39 is 29.6 Å². The molecule has 1 aromatic rings. The van der Waals surface area contributed by atoms with Crippen molar-refractivity contribution < 1.29 is 33.8 Å².